The van der Waals surface area contributed by atoms with E-state index in [9.17, 15) is 10.0 Å². The van der Waals surface area contributed by atoms with E-state index in [1.165, 1.54) is 11.1 Å². The molecule has 0 aromatic carbocycles. The maximum atomic E-state index is 11.2. The van der Waals surface area contributed by atoms with Crippen LogP contribution in [0, 0.1) is 0 Å². The third-order valence-electron chi connectivity index (χ3n) is 2.90. The lowest BCUT2D eigenvalue weighted by molar-refractivity contribution is -0.184. The van der Waals surface area contributed by atoms with Gasteiger partial charge in [0.15, 0.2) is 0 Å². The number of ketones is 1. The molecule has 1 aliphatic rings. The van der Waals surface area contributed by atoms with Crippen LogP contribution in [0.5, 0.6) is 0 Å². The zero-order valence-corrected chi connectivity index (χ0v) is 10.5. The smallest absolute Gasteiger partial charge is 0.327 e. The van der Waals surface area contributed by atoms with Crippen LogP contribution >= 0.6 is 0 Å². The highest BCUT2D eigenvalue weighted by atomic mass is 16.5. The number of rotatable bonds is 3. The lowest BCUT2D eigenvalue weighted by Gasteiger charge is -2.35. The first-order valence-corrected chi connectivity index (χ1v) is 5.34. The van der Waals surface area contributed by atoms with E-state index < -0.39 is 16.9 Å². The minimum atomic E-state index is -0.559. The molecule has 0 radical (unpaired) electrons. The van der Waals surface area contributed by atoms with E-state index in [-0.39, 0.29) is 0 Å². The summed E-state index contributed by atoms with van der Waals surface area (Å²) in [5.41, 5.74) is 8.01. The van der Waals surface area contributed by atoms with Crippen LogP contribution in [0.2, 0.25) is 0 Å². The number of carbonyl (C=O) groups excluding carboxylic acids is 1. The first kappa shape index (κ1) is 13.5. The second kappa shape index (κ2) is 4.37. The van der Waals surface area contributed by atoms with E-state index in [1.807, 2.05) is 33.8 Å². The van der Waals surface area contributed by atoms with Gasteiger partial charge in [0.25, 0.3) is 5.78 Å². The molecule has 92 valence electrons. The summed E-state index contributed by atoms with van der Waals surface area (Å²) in [6.45, 7) is 7.49. The van der Waals surface area contributed by atoms with Crippen LogP contribution in [0.1, 0.15) is 27.7 Å². The standard InChI is InChI=1S/C12H17N3O2/c1-11(2)7-9(12(3,4)15(11)17)5-6-10(16)8-14-13/h5-8,17H,1-4H3/b6-5-. The highest BCUT2D eigenvalue weighted by molar-refractivity contribution is 6.30. The van der Waals surface area contributed by atoms with Gasteiger partial charge in [-0.1, -0.05) is 12.2 Å². The molecule has 5 heteroatoms. The summed E-state index contributed by atoms with van der Waals surface area (Å²) in [7, 11) is 0. The average Bonchev–Trinajstić information content (AvgIpc) is 2.37. The zero-order valence-electron chi connectivity index (χ0n) is 10.5. The molecule has 0 aromatic rings. The summed E-state index contributed by atoms with van der Waals surface area (Å²) >= 11 is 0. The molecule has 5 nitrogen and oxygen atoms in total. The zero-order chi connectivity index (χ0) is 13.3. The monoisotopic (exact) mass is 235 g/mol. The fraction of sp³-hybridized carbons (Fsp3) is 0.500. The third kappa shape index (κ3) is 2.58. The first-order valence-electron chi connectivity index (χ1n) is 5.34. The summed E-state index contributed by atoms with van der Waals surface area (Å²) in [6.07, 6.45) is 5.65. The molecular formula is C12H17N3O2. The van der Waals surface area contributed by atoms with Crippen LogP contribution in [-0.2, 0) is 4.79 Å². The van der Waals surface area contributed by atoms with Gasteiger partial charge in [0.2, 0.25) is 0 Å². The molecule has 1 rings (SSSR count). The molecule has 0 bridgehead atoms. The topological polar surface area (TPSA) is 76.9 Å². The van der Waals surface area contributed by atoms with Crippen LogP contribution < -0.4 is 0 Å². The molecule has 1 aliphatic heterocycles. The number of carbonyl (C=O) groups is 1. The van der Waals surface area contributed by atoms with Crippen molar-refractivity contribution in [2.45, 2.75) is 38.8 Å². The predicted molar refractivity (Wildman–Crippen MR) is 63.7 cm³/mol. The van der Waals surface area contributed by atoms with Gasteiger partial charge in [-0.3, -0.25) is 4.79 Å². The number of nitrogens with zero attached hydrogens (tertiary/aromatic N) is 3. The maximum Gasteiger partial charge on any atom is 0.327 e. The third-order valence-corrected chi connectivity index (χ3v) is 2.90. The molecule has 17 heavy (non-hydrogen) atoms. The van der Waals surface area contributed by atoms with Crippen molar-refractivity contribution in [2.24, 2.45) is 0 Å². The normalized spacial score (nSPS) is 22.3. The molecule has 1 N–H and O–H groups in total. The Morgan fingerprint density at radius 3 is 2.47 bits per heavy atom. The first-order chi connectivity index (χ1) is 7.71. The molecule has 0 amide bonds. The van der Waals surface area contributed by atoms with Gasteiger partial charge in [-0.15, -0.1) is 0 Å². The summed E-state index contributed by atoms with van der Waals surface area (Å²) in [5, 5.41) is 11.3. The van der Waals surface area contributed by atoms with Crippen molar-refractivity contribution in [3.05, 3.63) is 29.3 Å². The van der Waals surface area contributed by atoms with Gasteiger partial charge in [-0.05, 0) is 39.3 Å². The van der Waals surface area contributed by atoms with Gasteiger partial charge in [0, 0.05) is 0 Å². The van der Waals surface area contributed by atoms with Crippen molar-refractivity contribution in [3.63, 3.8) is 0 Å². The lowest BCUT2D eigenvalue weighted by atomic mass is 9.96. The fourth-order valence-electron chi connectivity index (χ4n) is 1.98. The highest BCUT2D eigenvalue weighted by Gasteiger charge is 2.44. The Balaban J connectivity index is 2.99. The Kier molecular flexibility index (Phi) is 3.48. The Morgan fingerprint density at radius 2 is 2.06 bits per heavy atom. The number of hydroxylamine groups is 2. The quantitative estimate of drug-likeness (QED) is 0.349. The lowest BCUT2D eigenvalue weighted by Crippen LogP contribution is -2.47. The van der Waals surface area contributed by atoms with Crippen molar-refractivity contribution < 1.29 is 14.8 Å². The van der Waals surface area contributed by atoms with Crippen LogP contribution in [-0.4, -0.2) is 38.1 Å². The summed E-state index contributed by atoms with van der Waals surface area (Å²) in [4.78, 5) is 13.8. The highest BCUT2D eigenvalue weighted by Crippen LogP contribution is 2.38. The predicted octanol–water partition coefficient (Wildman–Crippen LogP) is 1.60. The largest absolute Gasteiger partial charge is 0.361 e. The van der Waals surface area contributed by atoms with Gasteiger partial charge in [0.1, 0.15) is 0 Å². The Labute approximate surface area is 101 Å². The van der Waals surface area contributed by atoms with Crippen LogP contribution in [0.4, 0.5) is 0 Å². The Bertz CT molecular complexity index is 441. The second-order valence-corrected chi connectivity index (χ2v) is 5.10. The van der Waals surface area contributed by atoms with Crippen molar-refractivity contribution in [1.82, 2.24) is 5.06 Å². The average molecular weight is 235 g/mol. The van der Waals surface area contributed by atoms with Gasteiger partial charge >= 0.3 is 6.21 Å². The SMILES string of the molecule is CC1(C)C=C(/C=C\C(=O)C=[N+]=[N-])C(C)(C)N1O. The number of hydrogen-bond acceptors (Lipinski definition) is 3. The van der Waals surface area contributed by atoms with E-state index in [1.54, 1.807) is 6.08 Å². The molecule has 0 atom stereocenters. The second-order valence-electron chi connectivity index (χ2n) is 5.10. The molecule has 0 unspecified atom stereocenters. The van der Waals surface area contributed by atoms with Gasteiger partial charge < -0.3 is 10.7 Å². The van der Waals surface area contributed by atoms with Crippen molar-refractivity contribution in [2.75, 3.05) is 0 Å². The minimum absolute atomic E-state index is 0.404. The van der Waals surface area contributed by atoms with E-state index in [4.69, 9.17) is 5.53 Å². The molecular weight excluding hydrogens is 218 g/mol. The van der Waals surface area contributed by atoms with Gasteiger partial charge in [-0.2, -0.15) is 9.85 Å². The Hall–Kier alpha value is -1.55. The van der Waals surface area contributed by atoms with Gasteiger partial charge in [-0.25, -0.2) is 0 Å². The van der Waals surface area contributed by atoms with E-state index in [0.717, 1.165) is 11.8 Å². The van der Waals surface area contributed by atoms with Gasteiger partial charge in [0.05, 0.1) is 11.1 Å². The number of hydrogen-bond donors (Lipinski definition) is 1. The van der Waals surface area contributed by atoms with Crippen molar-refractivity contribution in [3.8, 4) is 0 Å². The van der Waals surface area contributed by atoms with Crippen LogP contribution in [0.25, 0.3) is 5.53 Å². The van der Waals surface area contributed by atoms with E-state index in [2.05, 4.69) is 4.79 Å². The summed E-state index contributed by atoms with van der Waals surface area (Å²) < 4.78 is 0. The maximum absolute atomic E-state index is 11.2. The van der Waals surface area contributed by atoms with E-state index >= 15 is 0 Å². The summed E-state index contributed by atoms with van der Waals surface area (Å²) in [5.74, 6) is -0.404. The van der Waals surface area contributed by atoms with Crippen molar-refractivity contribution >= 4 is 12.0 Å². The molecule has 0 spiro atoms. The minimum Gasteiger partial charge on any atom is -0.361 e. The van der Waals surface area contributed by atoms with E-state index in [0.29, 0.717) is 0 Å². The summed E-state index contributed by atoms with van der Waals surface area (Å²) in [6, 6.07) is 0. The molecule has 0 saturated heterocycles. The van der Waals surface area contributed by atoms with Crippen LogP contribution in [0.3, 0.4) is 0 Å². The molecule has 0 aliphatic carbocycles. The van der Waals surface area contributed by atoms with Crippen molar-refractivity contribution in [1.29, 1.82) is 0 Å². The van der Waals surface area contributed by atoms with Crippen LogP contribution in [0.15, 0.2) is 23.8 Å². The Morgan fingerprint density at radius 1 is 1.47 bits per heavy atom. The molecule has 0 aromatic heterocycles. The molecule has 1 heterocycles. The fourth-order valence-corrected chi connectivity index (χ4v) is 1.98. The molecule has 0 fully saturated rings. The number of allylic oxidation sites excluding steroid dienone is 1. The molecule has 0 saturated carbocycles.